The first kappa shape index (κ1) is 26.0. The SMILES string of the molecule is CCCCC(CC)COc1ccc(OCC(=O)Nc2ccc(S(=O)(=O)N3CCCC3)cc2)cc1. The summed E-state index contributed by atoms with van der Waals surface area (Å²) in [6.45, 7) is 6.06. The van der Waals surface area contributed by atoms with Crippen molar-refractivity contribution in [3.8, 4) is 11.5 Å². The van der Waals surface area contributed by atoms with Gasteiger partial charge in [0.1, 0.15) is 11.5 Å². The second kappa shape index (κ2) is 12.8. The average Bonchev–Trinajstić information content (AvgIpc) is 3.40. The van der Waals surface area contributed by atoms with Gasteiger partial charge >= 0.3 is 0 Å². The molecule has 1 atom stereocenters. The predicted molar refractivity (Wildman–Crippen MR) is 134 cm³/mol. The van der Waals surface area contributed by atoms with Gasteiger partial charge in [-0.1, -0.05) is 33.1 Å². The number of ether oxygens (including phenoxy) is 2. The maximum Gasteiger partial charge on any atom is 0.262 e. The minimum Gasteiger partial charge on any atom is -0.493 e. The summed E-state index contributed by atoms with van der Waals surface area (Å²) in [5.41, 5.74) is 0.520. The molecule has 1 unspecified atom stereocenters. The summed E-state index contributed by atoms with van der Waals surface area (Å²) >= 11 is 0. The van der Waals surface area contributed by atoms with Gasteiger partial charge in [-0.3, -0.25) is 4.79 Å². The first-order chi connectivity index (χ1) is 16.4. The lowest BCUT2D eigenvalue weighted by Crippen LogP contribution is -2.27. The molecule has 2 aromatic rings. The third-order valence-corrected chi connectivity index (χ3v) is 7.98. The number of hydrogen-bond donors (Lipinski definition) is 1. The third kappa shape index (κ3) is 7.46. The molecule has 34 heavy (non-hydrogen) atoms. The van der Waals surface area contributed by atoms with E-state index >= 15 is 0 Å². The summed E-state index contributed by atoms with van der Waals surface area (Å²) in [7, 11) is -3.46. The number of nitrogens with one attached hydrogen (secondary N) is 1. The Kier molecular flexibility index (Phi) is 9.77. The molecule has 1 saturated heterocycles. The molecular weight excluding hydrogens is 452 g/mol. The maximum atomic E-state index is 12.6. The van der Waals surface area contributed by atoms with Gasteiger partial charge in [-0.15, -0.1) is 0 Å². The molecule has 3 rings (SSSR count). The molecule has 7 nitrogen and oxygen atoms in total. The Hall–Kier alpha value is -2.58. The van der Waals surface area contributed by atoms with Crippen LogP contribution in [0, 0.1) is 5.92 Å². The minimum atomic E-state index is -3.46. The molecule has 1 heterocycles. The highest BCUT2D eigenvalue weighted by atomic mass is 32.2. The van der Waals surface area contributed by atoms with Gasteiger partial charge < -0.3 is 14.8 Å². The van der Waals surface area contributed by atoms with Gasteiger partial charge in [0, 0.05) is 18.8 Å². The van der Waals surface area contributed by atoms with Crippen LogP contribution in [-0.2, 0) is 14.8 Å². The summed E-state index contributed by atoms with van der Waals surface area (Å²) in [6.07, 6.45) is 6.48. The normalized spacial score (nSPS) is 15.1. The zero-order valence-electron chi connectivity index (χ0n) is 20.2. The smallest absolute Gasteiger partial charge is 0.262 e. The second-order valence-corrected chi connectivity index (χ2v) is 10.6. The Morgan fingerprint density at radius 1 is 0.971 bits per heavy atom. The van der Waals surface area contributed by atoms with Crippen LogP contribution in [0.2, 0.25) is 0 Å². The van der Waals surface area contributed by atoms with Crippen molar-refractivity contribution in [2.24, 2.45) is 5.92 Å². The molecule has 8 heteroatoms. The van der Waals surface area contributed by atoms with Gasteiger partial charge in [0.2, 0.25) is 10.0 Å². The van der Waals surface area contributed by atoms with Crippen molar-refractivity contribution in [2.75, 3.05) is 31.6 Å². The lowest BCUT2D eigenvalue weighted by atomic mass is 10.0. The van der Waals surface area contributed by atoms with Crippen LogP contribution in [0.4, 0.5) is 5.69 Å². The number of unbranched alkanes of at least 4 members (excludes halogenated alkanes) is 1. The largest absolute Gasteiger partial charge is 0.493 e. The Balaban J connectivity index is 1.44. The minimum absolute atomic E-state index is 0.150. The predicted octanol–water partition coefficient (Wildman–Crippen LogP) is 5.08. The highest BCUT2D eigenvalue weighted by Gasteiger charge is 2.26. The lowest BCUT2D eigenvalue weighted by Gasteiger charge is -2.16. The molecule has 186 valence electrons. The van der Waals surface area contributed by atoms with Crippen LogP contribution < -0.4 is 14.8 Å². The molecule has 0 saturated carbocycles. The third-order valence-electron chi connectivity index (χ3n) is 6.06. The van der Waals surface area contributed by atoms with Crippen molar-refractivity contribution in [1.29, 1.82) is 0 Å². The van der Waals surface area contributed by atoms with Crippen molar-refractivity contribution >= 4 is 21.6 Å². The van der Waals surface area contributed by atoms with E-state index in [0.717, 1.165) is 25.0 Å². The molecule has 0 aliphatic carbocycles. The Bertz CT molecular complexity index is 1000. The summed E-state index contributed by atoms with van der Waals surface area (Å²) in [5.74, 6) is 1.61. The van der Waals surface area contributed by atoms with Crippen LogP contribution >= 0.6 is 0 Å². The van der Waals surface area contributed by atoms with Gasteiger partial charge in [0.15, 0.2) is 6.61 Å². The monoisotopic (exact) mass is 488 g/mol. The summed E-state index contributed by atoms with van der Waals surface area (Å²) in [5, 5.41) is 2.73. The van der Waals surface area contributed by atoms with E-state index in [4.69, 9.17) is 9.47 Å². The Labute approximate surface area is 203 Å². The summed E-state index contributed by atoms with van der Waals surface area (Å²) < 4.78 is 38.2. The van der Waals surface area contributed by atoms with E-state index in [1.807, 2.05) is 12.1 Å². The zero-order chi connectivity index (χ0) is 24.4. The van der Waals surface area contributed by atoms with E-state index in [1.165, 1.54) is 35.7 Å². The van der Waals surface area contributed by atoms with Crippen LogP contribution in [0.1, 0.15) is 52.4 Å². The highest BCUT2D eigenvalue weighted by Crippen LogP contribution is 2.23. The molecule has 1 amide bonds. The number of amides is 1. The first-order valence-electron chi connectivity index (χ1n) is 12.2. The molecular formula is C26H36N2O5S. The molecule has 1 aliphatic rings. The summed E-state index contributed by atoms with van der Waals surface area (Å²) in [6, 6.07) is 13.5. The fraction of sp³-hybridized carbons (Fsp3) is 0.500. The van der Waals surface area contributed by atoms with Crippen molar-refractivity contribution in [3.05, 3.63) is 48.5 Å². The number of sulfonamides is 1. The van der Waals surface area contributed by atoms with Crippen LogP contribution in [-0.4, -0.2) is 44.9 Å². The fourth-order valence-electron chi connectivity index (χ4n) is 3.88. The van der Waals surface area contributed by atoms with Crippen molar-refractivity contribution in [3.63, 3.8) is 0 Å². The molecule has 0 spiro atoms. The van der Waals surface area contributed by atoms with E-state index in [1.54, 1.807) is 24.3 Å². The second-order valence-electron chi connectivity index (χ2n) is 8.67. The van der Waals surface area contributed by atoms with Crippen molar-refractivity contribution < 1.29 is 22.7 Å². The van der Waals surface area contributed by atoms with Crippen LogP contribution in [0.15, 0.2) is 53.4 Å². The van der Waals surface area contributed by atoms with E-state index in [9.17, 15) is 13.2 Å². The number of nitrogens with zero attached hydrogens (tertiary/aromatic N) is 1. The molecule has 1 fully saturated rings. The van der Waals surface area contributed by atoms with Gasteiger partial charge in [-0.05, 0) is 73.7 Å². The van der Waals surface area contributed by atoms with Crippen molar-refractivity contribution in [2.45, 2.75) is 57.3 Å². The fourth-order valence-corrected chi connectivity index (χ4v) is 5.40. The van der Waals surface area contributed by atoms with Gasteiger partial charge in [0.25, 0.3) is 5.91 Å². The van der Waals surface area contributed by atoms with E-state index < -0.39 is 10.0 Å². The first-order valence-corrected chi connectivity index (χ1v) is 13.6. The van der Waals surface area contributed by atoms with Gasteiger partial charge in [-0.25, -0.2) is 8.42 Å². The number of benzene rings is 2. The van der Waals surface area contributed by atoms with E-state index in [-0.39, 0.29) is 17.4 Å². The molecule has 1 aliphatic heterocycles. The molecule has 1 N–H and O–H groups in total. The number of hydrogen-bond acceptors (Lipinski definition) is 5. The Morgan fingerprint density at radius 2 is 1.59 bits per heavy atom. The number of carbonyl (C=O) groups excluding carboxylic acids is 1. The van der Waals surface area contributed by atoms with E-state index in [2.05, 4.69) is 19.2 Å². The highest BCUT2D eigenvalue weighted by molar-refractivity contribution is 7.89. The van der Waals surface area contributed by atoms with Crippen LogP contribution in [0.3, 0.4) is 0 Å². The molecule has 0 radical (unpaired) electrons. The zero-order valence-corrected chi connectivity index (χ0v) is 21.0. The van der Waals surface area contributed by atoms with Gasteiger partial charge in [-0.2, -0.15) is 4.31 Å². The maximum absolute atomic E-state index is 12.6. The average molecular weight is 489 g/mol. The Morgan fingerprint density at radius 3 is 2.18 bits per heavy atom. The topological polar surface area (TPSA) is 84.9 Å². The molecule has 0 bridgehead atoms. The lowest BCUT2D eigenvalue weighted by molar-refractivity contribution is -0.118. The quantitative estimate of drug-likeness (QED) is 0.425. The molecule has 2 aromatic carbocycles. The van der Waals surface area contributed by atoms with Crippen LogP contribution in [0.5, 0.6) is 11.5 Å². The van der Waals surface area contributed by atoms with Crippen molar-refractivity contribution in [1.82, 2.24) is 4.31 Å². The van der Waals surface area contributed by atoms with E-state index in [0.29, 0.717) is 37.1 Å². The standard InChI is InChI=1S/C26H36N2O5S/c1-3-5-8-21(4-2)19-32-23-11-13-24(14-12-23)33-20-26(29)27-22-9-15-25(16-10-22)34(30,31)28-17-6-7-18-28/h9-16,21H,3-8,17-20H2,1-2H3,(H,27,29). The number of rotatable bonds is 13. The van der Waals surface area contributed by atoms with Gasteiger partial charge in [0.05, 0.1) is 11.5 Å². The molecule has 0 aromatic heterocycles. The van der Waals surface area contributed by atoms with Crippen LogP contribution in [0.25, 0.3) is 0 Å². The summed E-state index contributed by atoms with van der Waals surface area (Å²) in [4.78, 5) is 12.5. The number of anilines is 1. The number of carbonyl (C=O) groups is 1.